The summed E-state index contributed by atoms with van der Waals surface area (Å²) in [5, 5.41) is 1.41. The molecular weight excluding hydrogens is 452 g/mol. The van der Waals surface area contributed by atoms with E-state index in [0.29, 0.717) is 17.1 Å². The Bertz CT molecular complexity index is 966. The highest BCUT2D eigenvalue weighted by molar-refractivity contribution is 8.00. The lowest BCUT2D eigenvalue weighted by atomic mass is 9.74. The van der Waals surface area contributed by atoms with E-state index >= 15 is 0 Å². The van der Waals surface area contributed by atoms with Gasteiger partial charge in [0, 0.05) is 15.9 Å². The van der Waals surface area contributed by atoms with E-state index in [2.05, 4.69) is 134 Å². The minimum atomic E-state index is -0.0726. The summed E-state index contributed by atoms with van der Waals surface area (Å²) in [5.74, 6) is 2.03. The molecule has 0 aromatic heterocycles. The van der Waals surface area contributed by atoms with Gasteiger partial charge in [0.2, 0.25) is 0 Å². The fourth-order valence-corrected chi connectivity index (χ4v) is 6.39. The minimum absolute atomic E-state index is 0.0726. The van der Waals surface area contributed by atoms with Crippen molar-refractivity contribution in [3.63, 3.8) is 0 Å². The largest absolute Gasteiger partial charge is 0.147 e. The van der Waals surface area contributed by atoms with Gasteiger partial charge in [-0.3, -0.25) is 0 Å². The first-order chi connectivity index (χ1) is 17.0. The molecule has 0 amide bonds. The molecule has 0 N–H and O–H groups in total. The van der Waals surface area contributed by atoms with E-state index in [4.69, 9.17) is 0 Å². The molecule has 0 nitrogen and oxygen atoms in total. The smallest absolute Gasteiger partial charge is 0.0233 e. The van der Waals surface area contributed by atoms with E-state index in [1.807, 2.05) is 6.08 Å². The third-order valence-corrected chi connectivity index (χ3v) is 10.2. The Labute approximate surface area is 227 Å². The minimum Gasteiger partial charge on any atom is -0.147 e. The van der Waals surface area contributed by atoms with Crippen molar-refractivity contribution in [2.24, 2.45) is 23.2 Å². The quantitative estimate of drug-likeness (QED) is 0.226. The highest BCUT2D eigenvalue weighted by Crippen LogP contribution is 2.37. The van der Waals surface area contributed by atoms with Crippen LogP contribution in [0.25, 0.3) is 0 Å². The van der Waals surface area contributed by atoms with Crippen molar-refractivity contribution in [1.82, 2.24) is 0 Å². The van der Waals surface area contributed by atoms with E-state index in [1.54, 1.807) is 0 Å². The fraction of sp³-hybridized carbons (Fsp3) is 0.543. The first-order valence-corrected chi connectivity index (χ1v) is 15.1. The van der Waals surface area contributed by atoms with Crippen LogP contribution in [0.2, 0.25) is 0 Å². The van der Waals surface area contributed by atoms with Gasteiger partial charge >= 0.3 is 0 Å². The van der Waals surface area contributed by atoms with E-state index < -0.39 is 0 Å². The van der Waals surface area contributed by atoms with Gasteiger partial charge in [-0.05, 0) is 72.0 Å². The first-order valence-electron chi connectivity index (χ1n) is 14.1. The third kappa shape index (κ3) is 7.88. The normalized spacial score (nSPS) is 25.6. The van der Waals surface area contributed by atoms with Gasteiger partial charge < -0.3 is 0 Å². The molecule has 0 bridgehead atoms. The van der Waals surface area contributed by atoms with Gasteiger partial charge in [0.15, 0.2) is 0 Å². The van der Waals surface area contributed by atoms with Crippen LogP contribution in [0, 0.1) is 23.2 Å². The van der Waals surface area contributed by atoms with Crippen molar-refractivity contribution < 1.29 is 0 Å². The van der Waals surface area contributed by atoms with Crippen LogP contribution in [0.5, 0.6) is 0 Å². The summed E-state index contributed by atoms with van der Waals surface area (Å²) in [5.41, 5.74) is 4.20. The molecule has 196 valence electrons. The van der Waals surface area contributed by atoms with Crippen molar-refractivity contribution in [2.45, 2.75) is 96.5 Å². The SMILES string of the molecule is C=C/C=C(\C=C/C(C)(C)C(C)C)C(C)(C)c1ccc(CC2C=CC(SC3C=CC(C)CC3)CC2)cc1. The number of hydrogen-bond acceptors (Lipinski definition) is 1. The van der Waals surface area contributed by atoms with Crippen LogP contribution < -0.4 is 0 Å². The van der Waals surface area contributed by atoms with Gasteiger partial charge in [0.25, 0.3) is 0 Å². The lowest BCUT2D eigenvalue weighted by molar-refractivity contribution is 0.332. The summed E-state index contributed by atoms with van der Waals surface area (Å²) in [7, 11) is 0. The maximum atomic E-state index is 3.99. The Hall–Kier alpha value is -1.73. The topological polar surface area (TPSA) is 0 Å². The second-order valence-electron chi connectivity index (χ2n) is 12.6. The molecule has 4 unspecified atom stereocenters. The van der Waals surface area contributed by atoms with Gasteiger partial charge in [-0.1, -0.05) is 128 Å². The Morgan fingerprint density at radius 1 is 0.944 bits per heavy atom. The number of allylic oxidation sites excluding steroid dienone is 7. The summed E-state index contributed by atoms with van der Waals surface area (Å²) in [4.78, 5) is 0. The summed E-state index contributed by atoms with van der Waals surface area (Å²) >= 11 is 2.18. The summed E-state index contributed by atoms with van der Waals surface area (Å²) in [6.45, 7) is 20.2. The van der Waals surface area contributed by atoms with E-state index in [9.17, 15) is 0 Å². The first kappa shape index (κ1) is 28.8. The molecule has 2 aliphatic rings. The van der Waals surface area contributed by atoms with Crippen molar-refractivity contribution in [3.05, 3.63) is 96.2 Å². The number of rotatable bonds is 10. The number of thioether (sulfide) groups is 1. The van der Waals surface area contributed by atoms with Gasteiger partial charge in [-0.25, -0.2) is 0 Å². The van der Waals surface area contributed by atoms with Crippen molar-refractivity contribution in [3.8, 4) is 0 Å². The molecule has 1 aromatic carbocycles. The van der Waals surface area contributed by atoms with Gasteiger partial charge in [-0.15, -0.1) is 11.8 Å². The number of benzene rings is 1. The average molecular weight is 503 g/mol. The van der Waals surface area contributed by atoms with Crippen molar-refractivity contribution >= 4 is 11.8 Å². The average Bonchev–Trinajstić information content (AvgIpc) is 2.84. The lowest BCUT2D eigenvalue weighted by Crippen LogP contribution is -2.21. The molecule has 36 heavy (non-hydrogen) atoms. The standard InChI is InChI=1S/C35H50S/c1-9-10-30(23-24-34(5,6)26(2)3)35(7,8)31-17-13-28(14-18-31)25-29-15-21-33(22-16-29)36-32-19-11-27(4)12-20-32/h9-11,13-15,17-19,21,23-24,26-27,29,32-33H,1,12,16,20,22,25H2,2-8H3/b24-23-,30-10+. The molecule has 4 atom stereocenters. The molecule has 0 saturated carbocycles. The second kappa shape index (κ2) is 12.7. The maximum Gasteiger partial charge on any atom is 0.0233 e. The molecule has 0 fully saturated rings. The molecule has 1 heteroatoms. The molecule has 0 spiro atoms. The van der Waals surface area contributed by atoms with Gasteiger partial charge in [0.05, 0.1) is 0 Å². The van der Waals surface area contributed by atoms with Crippen LogP contribution in [0.15, 0.2) is 85.0 Å². The maximum absolute atomic E-state index is 3.99. The third-order valence-electron chi connectivity index (χ3n) is 8.70. The number of hydrogen-bond donors (Lipinski definition) is 0. The summed E-state index contributed by atoms with van der Waals surface area (Å²) in [6, 6.07) is 9.39. The molecule has 1 aromatic rings. The Morgan fingerprint density at radius 2 is 1.58 bits per heavy atom. The Kier molecular flexibility index (Phi) is 10.2. The van der Waals surface area contributed by atoms with Crippen LogP contribution in [-0.4, -0.2) is 10.5 Å². The van der Waals surface area contributed by atoms with Crippen LogP contribution >= 0.6 is 11.8 Å². The van der Waals surface area contributed by atoms with Crippen molar-refractivity contribution in [1.29, 1.82) is 0 Å². The Morgan fingerprint density at radius 3 is 2.11 bits per heavy atom. The zero-order valence-electron chi connectivity index (χ0n) is 24.0. The van der Waals surface area contributed by atoms with E-state index in [0.717, 1.165) is 17.6 Å². The van der Waals surface area contributed by atoms with Gasteiger partial charge in [0.1, 0.15) is 0 Å². The zero-order chi connectivity index (χ0) is 26.3. The molecule has 0 saturated heterocycles. The molecule has 0 aliphatic heterocycles. The predicted molar refractivity (Wildman–Crippen MR) is 164 cm³/mol. The second-order valence-corrected chi connectivity index (χ2v) is 14.1. The van der Waals surface area contributed by atoms with Crippen LogP contribution in [0.1, 0.15) is 85.3 Å². The molecule has 2 aliphatic carbocycles. The van der Waals surface area contributed by atoms with E-state index in [1.165, 1.54) is 42.4 Å². The van der Waals surface area contributed by atoms with Crippen LogP contribution in [-0.2, 0) is 11.8 Å². The van der Waals surface area contributed by atoms with Crippen LogP contribution in [0.3, 0.4) is 0 Å². The lowest BCUT2D eigenvalue weighted by Gasteiger charge is -2.30. The molecule has 0 radical (unpaired) electrons. The highest BCUT2D eigenvalue weighted by atomic mass is 32.2. The van der Waals surface area contributed by atoms with Crippen molar-refractivity contribution in [2.75, 3.05) is 0 Å². The summed E-state index contributed by atoms with van der Waals surface area (Å²) in [6.07, 6.45) is 25.1. The predicted octanol–water partition coefficient (Wildman–Crippen LogP) is 10.3. The molecular formula is C35H50S. The van der Waals surface area contributed by atoms with Crippen LogP contribution in [0.4, 0.5) is 0 Å². The van der Waals surface area contributed by atoms with E-state index in [-0.39, 0.29) is 10.8 Å². The zero-order valence-corrected chi connectivity index (χ0v) is 24.8. The molecule has 3 rings (SSSR count). The Balaban J connectivity index is 1.61. The monoisotopic (exact) mass is 502 g/mol. The van der Waals surface area contributed by atoms with Gasteiger partial charge in [-0.2, -0.15) is 0 Å². The fourth-order valence-electron chi connectivity index (χ4n) is 5.03. The summed E-state index contributed by atoms with van der Waals surface area (Å²) < 4.78 is 0. The molecule has 0 heterocycles. The highest BCUT2D eigenvalue weighted by Gasteiger charge is 2.26.